The van der Waals surface area contributed by atoms with Crippen LogP contribution >= 0.6 is 0 Å². The number of nitrogens with zero attached hydrogens (tertiary/aromatic N) is 1. The van der Waals surface area contributed by atoms with Gasteiger partial charge in [-0.3, -0.25) is 24.0 Å². The van der Waals surface area contributed by atoms with Crippen LogP contribution in [-0.4, -0.2) is 106 Å². The number of rotatable bonds is 15. The molecule has 1 fully saturated rings. The molecule has 44 heavy (non-hydrogen) atoms. The Labute approximate surface area is 259 Å². The zero-order chi connectivity index (χ0) is 34.2. The first kappa shape index (κ1) is 38.7. The van der Waals surface area contributed by atoms with Gasteiger partial charge in [-0.05, 0) is 67.2 Å². The van der Waals surface area contributed by atoms with Crippen LogP contribution < -0.4 is 27.4 Å². The highest BCUT2D eigenvalue weighted by molar-refractivity contribution is 5.96. The summed E-state index contributed by atoms with van der Waals surface area (Å²) in [5.74, 6) is -5.27. The second-order valence-corrected chi connectivity index (χ2v) is 13.4. The summed E-state index contributed by atoms with van der Waals surface area (Å²) in [7, 11) is 0. The van der Waals surface area contributed by atoms with E-state index in [-0.39, 0.29) is 19.6 Å². The minimum Gasteiger partial charge on any atom is -0.480 e. The number of carbonyl (C=O) groups is 6. The van der Waals surface area contributed by atoms with E-state index >= 15 is 0 Å². The Morgan fingerprint density at radius 2 is 1.50 bits per heavy atom. The molecule has 1 aliphatic heterocycles. The molecular weight excluding hydrogens is 576 g/mol. The first-order chi connectivity index (χ1) is 20.0. The van der Waals surface area contributed by atoms with E-state index in [4.69, 9.17) is 20.9 Å². The lowest BCUT2D eigenvalue weighted by Crippen LogP contribution is -2.62. The van der Waals surface area contributed by atoms with Crippen LogP contribution in [0, 0.1) is 5.92 Å². The molecule has 0 aromatic carbocycles. The van der Waals surface area contributed by atoms with Gasteiger partial charge in [0.1, 0.15) is 24.2 Å². The zero-order valence-electron chi connectivity index (χ0n) is 27.4. The molecule has 8 N–H and O–H groups in total. The smallest absolute Gasteiger partial charge is 0.326 e. The quantitative estimate of drug-likeness (QED) is 0.135. The summed E-state index contributed by atoms with van der Waals surface area (Å²) >= 11 is 0. The molecule has 1 rings (SSSR count). The van der Waals surface area contributed by atoms with Gasteiger partial charge in [-0.2, -0.15) is 0 Å². The Kier molecular flexibility index (Phi) is 14.2. The fourth-order valence-electron chi connectivity index (χ4n) is 4.64. The van der Waals surface area contributed by atoms with Crippen molar-refractivity contribution >= 4 is 35.5 Å². The highest BCUT2D eigenvalue weighted by Gasteiger charge is 2.40. The Morgan fingerprint density at radius 1 is 0.909 bits per heavy atom. The summed E-state index contributed by atoms with van der Waals surface area (Å²) < 4.78 is 11.7. The number of likely N-dealkylation sites (tertiary alicyclic amines) is 1. The van der Waals surface area contributed by atoms with E-state index in [2.05, 4.69) is 16.0 Å². The van der Waals surface area contributed by atoms with Crippen molar-refractivity contribution in [3.63, 3.8) is 0 Å². The lowest BCUT2D eigenvalue weighted by molar-refractivity contribution is -0.146. The average Bonchev–Trinajstić information content (AvgIpc) is 3.34. The summed E-state index contributed by atoms with van der Waals surface area (Å²) in [4.78, 5) is 77.7. The Balaban J connectivity index is 3.31. The molecule has 0 bridgehead atoms. The monoisotopic (exact) mass is 628 g/mol. The summed E-state index contributed by atoms with van der Waals surface area (Å²) in [5.41, 5.74) is 9.60. The van der Waals surface area contributed by atoms with Crippen molar-refractivity contribution in [2.75, 3.05) is 13.2 Å². The van der Waals surface area contributed by atoms with Gasteiger partial charge >= 0.3 is 5.97 Å². The summed E-state index contributed by atoms with van der Waals surface area (Å²) in [6, 6.07) is -6.05. The van der Waals surface area contributed by atoms with Crippen LogP contribution in [0.15, 0.2) is 0 Å². The third kappa shape index (κ3) is 12.7. The summed E-state index contributed by atoms with van der Waals surface area (Å²) in [6.07, 6.45) is -0.508. The fourth-order valence-corrected chi connectivity index (χ4v) is 4.64. The largest absolute Gasteiger partial charge is 0.480 e. The van der Waals surface area contributed by atoms with Crippen LogP contribution in [0.3, 0.4) is 0 Å². The van der Waals surface area contributed by atoms with E-state index in [9.17, 15) is 33.9 Å². The molecule has 0 saturated carbocycles. The Hall–Kier alpha value is -3.30. The molecule has 15 heteroatoms. The summed E-state index contributed by atoms with van der Waals surface area (Å²) in [5, 5.41) is 17.3. The number of carbonyl (C=O) groups excluding carboxylic acids is 5. The molecule has 1 heterocycles. The molecule has 0 aromatic heterocycles. The van der Waals surface area contributed by atoms with Gasteiger partial charge in [0.2, 0.25) is 29.5 Å². The van der Waals surface area contributed by atoms with Gasteiger partial charge in [-0.15, -0.1) is 0 Å². The van der Waals surface area contributed by atoms with Crippen molar-refractivity contribution in [1.29, 1.82) is 0 Å². The van der Waals surface area contributed by atoms with Crippen LogP contribution in [-0.2, 0) is 38.2 Å². The fraction of sp³-hybridized carbons (Fsp3) is 0.793. The highest BCUT2D eigenvalue weighted by Crippen LogP contribution is 2.20. The van der Waals surface area contributed by atoms with E-state index in [0.717, 1.165) is 0 Å². The van der Waals surface area contributed by atoms with E-state index in [1.807, 2.05) is 0 Å². The maximum Gasteiger partial charge on any atom is 0.326 e. The topological polar surface area (TPSA) is 232 Å². The minimum absolute atomic E-state index is 0.223. The first-order valence-corrected chi connectivity index (χ1v) is 14.8. The van der Waals surface area contributed by atoms with Crippen LogP contribution in [0.5, 0.6) is 0 Å². The molecule has 0 aliphatic carbocycles. The Morgan fingerprint density at radius 3 is 1.98 bits per heavy atom. The van der Waals surface area contributed by atoms with Gasteiger partial charge in [-0.25, -0.2) is 4.79 Å². The number of primary amides is 1. The third-order valence-corrected chi connectivity index (χ3v) is 6.71. The highest BCUT2D eigenvalue weighted by atomic mass is 16.5. The van der Waals surface area contributed by atoms with Crippen molar-refractivity contribution in [2.24, 2.45) is 17.4 Å². The lowest BCUT2D eigenvalue weighted by atomic mass is 10.0. The summed E-state index contributed by atoms with van der Waals surface area (Å²) in [6.45, 7) is 15.3. The molecule has 0 aromatic rings. The van der Waals surface area contributed by atoms with Crippen molar-refractivity contribution in [1.82, 2.24) is 20.9 Å². The number of carboxylic acid groups (broad SMARTS) is 1. The average molecular weight is 629 g/mol. The van der Waals surface area contributed by atoms with E-state index in [1.165, 1.54) is 4.90 Å². The molecular formula is C29H52N6O9. The van der Waals surface area contributed by atoms with Gasteiger partial charge in [0.05, 0.1) is 36.4 Å². The molecule has 0 unspecified atom stereocenters. The second-order valence-electron chi connectivity index (χ2n) is 13.4. The van der Waals surface area contributed by atoms with Crippen LogP contribution in [0.25, 0.3) is 0 Å². The third-order valence-electron chi connectivity index (χ3n) is 6.71. The molecule has 15 nitrogen and oxygen atoms in total. The minimum atomic E-state index is -1.33. The molecule has 0 radical (unpaired) electrons. The molecule has 0 spiro atoms. The van der Waals surface area contributed by atoms with Crippen molar-refractivity contribution in [2.45, 2.75) is 129 Å². The van der Waals surface area contributed by atoms with Crippen molar-refractivity contribution in [3.8, 4) is 0 Å². The SMILES string of the molecule is CC(C)[C@H](NC(=O)[C@H](COC(C)(C)C)NC(=O)[C@@H](NC(=O)[C@@H]1CCCN1C(=O)[C@@H](N)CC(N)=O)[C@@H](C)OC(C)(C)C)C(=O)O. The lowest BCUT2D eigenvalue weighted by Gasteiger charge is -2.34. The van der Waals surface area contributed by atoms with Gasteiger partial charge < -0.3 is 46.9 Å². The van der Waals surface area contributed by atoms with Crippen LogP contribution in [0.4, 0.5) is 0 Å². The van der Waals surface area contributed by atoms with E-state index in [1.54, 1.807) is 62.3 Å². The number of ether oxygens (including phenoxy) is 2. The van der Waals surface area contributed by atoms with Crippen molar-refractivity contribution < 1.29 is 43.3 Å². The normalized spacial score (nSPS) is 19.0. The zero-order valence-corrected chi connectivity index (χ0v) is 27.4. The molecule has 1 saturated heterocycles. The number of carboxylic acids is 1. The van der Waals surface area contributed by atoms with Gasteiger partial charge in [0.15, 0.2) is 0 Å². The van der Waals surface area contributed by atoms with Crippen LogP contribution in [0.2, 0.25) is 0 Å². The van der Waals surface area contributed by atoms with Gasteiger partial charge in [0, 0.05) is 6.54 Å². The van der Waals surface area contributed by atoms with Crippen molar-refractivity contribution in [3.05, 3.63) is 0 Å². The van der Waals surface area contributed by atoms with Gasteiger partial charge in [0.25, 0.3) is 0 Å². The predicted octanol–water partition coefficient (Wildman–Crippen LogP) is -0.606. The number of hydrogen-bond acceptors (Lipinski definition) is 9. The van der Waals surface area contributed by atoms with Crippen LogP contribution in [0.1, 0.15) is 81.6 Å². The maximum absolute atomic E-state index is 13.7. The van der Waals surface area contributed by atoms with Gasteiger partial charge in [-0.1, -0.05) is 13.8 Å². The number of nitrogens with two attached hydrogens (primary N) is 2. The van der Waals surface area contributed by atoms with E-state index in [0.29, 0.717) is 12.8 Å². The molecule has 5 amide bonds. The number of aliphatic carboxylic acids is 1. The molecule has 6 atom stereocenters. The number of nitrogens with one attached hydrogen (secondary N) is 3. The maximum atomic E-state index is 13.7. The first-order valence-electron chi connectivity index (χ1n) is 14.8. The predicted molar refractivity (Wildman–Crippen MR) is 161 cm³/mol. The number of amides is 5. The Bertz CT molecular complexity index is 1050. The van der Waals surface area contributed by atoms with E-state index < -0.39 is 88.9 Å². The number of hydrogen-bond donors (Lipinski definition) is 6. The molecule has 1 aliphatic rings. The standard InChI is InChI=1S/C29H52N6O9/c1-15(2)21(27(41)42)33-23(37)18(14-43-28(4,5)6)32-25(39)22(16(3)44-29(7,8)9)34-24(38)19-11-10-12-35(19)26(40)17(30)13-20(31)36/h15-19,21-22H,10-14,30H2,1-9H3,(H2,31,36)(H,32,39)(H,33,37)(H,34,38)(H,41,42)/t16-,17+,18+,19+,21+,22+/m1/s1. The second kappa shape index (κ2) is 16.1. The molecule has 252 valence electrons.